The highest BCUT2D eigenvalue weighted by atomic mass is 32.1. The van der Waals surface area contributed by atoms with Crippen molar-refractivity contribution in [1.82, 2.24) is 15.0 Å². The molecule has 2 aromatic rings. The number of aliphatic hydroxyl groups is 1. The van der Waals surface area contributed by atoms with Crippen LogP contribution < -0.4 is 0 Å². The third-order valence-corrected chi connectivity index (χ3v) is 6.66. The summed E-state index contributed by atoms with van der Waals surface area (Å²) < 4.78 is 5.27. The third-order valence-electron chi connectivity index (χ3n) is 5.65. The van der Waals surface area contributed by atoms with E-state index in [-0.39, 0.29) is 18.4 Å². The van der Waals surface area contributed by atoms with Crippen molar-refractivity contribution < 1.29 is 14.4 Å². The van der Waals surface area contributed by atoms with Crippen LogP contribution in [0.5, 0.6) is 0 Å². The van der Waals surface area contributed by atoms with E-state index in [9.17, 15) is 9.90 Å². The number of likely N-dealkylation sites (tertiary alicyclic amines) is 1. The second-order valence-electron chi connectivity index (χ2n) is 7.40. The summed E-state index contributed by atoms with van der Waals surface area (Å²) in [5.74, 6) is 1.26. The van der Waals surface area contributed by atoms with Crippen LogP contribution in [0.4, 0.5) is 0 Å². The normalized spacial score (nSPS) is 20.6. The molecule has 2 aliphatic rings. The van der Waals surface area contributed by atoms with Crippen molar-refractivity contribution in [3.8, 4) is 0 Å². The summed E-state index contributed by atoms with van der Waals surface area (Å²) in [4.78, 5) is 18.5. The second kappa shape index (κ2) is 7.13. The van der Waals surface area contributed by atoms with E-state index < -0.39 is 0 Å². The van der Waals surface area contributed by atoms with Crippen LogP contribution in [0, 0.1) is 19.8 Å². The molecule has 0 saturated carbocycles. The van der Waals surface area contributed by atoms with E-state index in [0.717, 1.165) is 56.0 Å². The summed E-state index contributed by atoms with van der Waals surface area (Å²) in [6.07, 6.45) is 1.81. The third kappa shape index (κ3) is 3.19. The first-order chi connectivity index (χ1) is 12.6. The Morgan fingerprint density at radius 1 is 1.42 bits per heavy atom. The Bertz CT molecular complexity index is 794. The van der Waals surface area contributed by atoms with Crippen LogP contribution in [-0.4, -0.2) is 52.2 Å². The molecule has 0 aliphatic carbocycles. The Labute approximate surface area is 157 Å². The van der Waals surface area contributed by atoms with Crippen molar-refractivity contribution in [2.75, 3.05) is 26.2 Å². The van der Waals surface area contributed by atoms with E-state index in [2.05, 4.69) is 10.1 Å². The molecule has 1 saturated heterocycles. The minimum Gasteiger partial charge on any atom is -0.396 e. The van der Waals surface area contributed by atoms with Gasteiger partial charge >= 0.3 is 0 Å². The molecule has 1 amide bonds. The fourth-order valence-corrected chi connectivity index (χ4v) is 5.10. The Hall–Kier alpha value is -1.70. The van der Waals surface area contributed by atoms with Gasteiger partial charge < -0.3 is 14.5 Å². The average molecular weight is 375 g/mol. The lowest BCUT2D eigenvalue weighted by atomic mass is 10.0. The first-order valence-corrected chi connectivity index (χ1v) is 10.1. The summed E-state index contributed by atoms with van der Waals surface area (Å²) in [7, 11) is 0. The van der Waals surface area contributed by atoms with Crippen LogP contribution in [0.2, 0.25) is 0 Å². The molecule has 2 aromatic heterocycles. The minimum atomic E-state index is 0.137. The lowest BCUT2D eigenvalue weighted by molar-refractivity contribution is 0.0780. The Morgan fingerprint density at radius 3 is 2.96 bits per heavy atom. The summed E-state index contributed by atoms with van der Waals surface area (Å²) >= 11 is 1.69. The van der Waals surface area contributed by atoms with E-state index in [1.54, 1.807) is 11.3 Å². The van der Waals surface area contributed by atoms with Gasteiger partial charge in [-0.2, -0.15) is 0 Å². The van der Waals surface area contributed by atoms with Gasteiger partial charge in [-0.05, 0) is 32.3 Å². The molecule has 4 heterocycles. The lowest BCUT2D eigenvalue weighted by Gasteiger charge is -2.27. The maximum Gasteiger partial charge on any atom is 0.254 e. The molecular formula is C19H25N3O3S. The fraction of sp³-hybridized carbons (Fsp3) is 0.579. The van der Waals surface area contributed by atoms with E-state index >= 15 is 0 Å². The van der Waals surface area contributed by atoms with Gasteiger partial charge in [0.1, 0.15) is 5.76 Å². The number of hydrogen-bond acceptors (Lipinski definition) is 6. The minimum absolute atomic E-state index is 0.137. The van der Waals surface area contributed by atoms with Crippen molar-refractivity contribution in [3.05, 3.63) is 38.4 Å². The highest BCUT2D eigenvalue weighted by Crippen LogP contribution is 2.31. The number of carbonyl (C=O) groups is 1. The van der Waals surface area contributed by atoms with Crippen molar-refractivity contribution in [2.24, 2.45) is 5.92 Å². The number of rotatable bonds is 4. The van der Waals surface area contributed by atoms with Crippen molar-refractivity contribution in [3.63, 3.8) is 0 Å². The summed E-state index contributed by atoms with van der Waals surface area (Å²) in [5, 5.41) is 15.4. The number of fused-ring (bicyclic) bond motifs is 1. The van der Waals surface area contributed by atoms with E-state index in [1.807, 2.05) is 24.1 Å². The Kier molecular flexibility index (Phi) is 4.86. The van der Waals surface area contributed by atoms with Gasteiger partial charge in [0.15, 0.2) is 0 Å². The van der Waals surface area contributed by atoms with Crippen LogP contribution in [0.1, 0.15) is 44.2 Å². The highest BCUT2D eigenvalue weighted by molar-refractivity contribution is 7.10. The van der Waals surface area contributed by atoms with Crippen LogP contribution in [0.15, 0.2) is 9.90 Å². The van der Waals surface area contributed by atoms with Crippen molar-refractivity contribution in [2.45, 2.75) is 39.8 Å². The average Bonchev–Trinajstić information content (AvgIpc) is 3.36. The first-order valence-electron chi connectivity index (χ1n) is 9.20. The van der Waals surface area contributed by atoms with Gasteiger partial charge in [0.25, 0.3) is 5.91 Å². The zero-order valence-corrected chi connectivity index (χ0v) is 16.1. The number of aryl methyl sites for hydroxylation is 2. The zero-order valence-electron chi connectivity index (χ0n) is 15.3. The molecule has 0 unspecified atom stereocenters. The number of aliphatic hydroxyl groups excluding tert-OH is 1. The summed E-state index contributed by atoms with van der Waals surface area (Å²) in [5.41, 5.74) is 4.24. The van der Waals surface area contributed by atoms with Gasteiger partial charge in [-0.15, -0.1) is 11.3 Å². The number of hydrogen-bond donors (Lipinski definition) is 1. The van der Waals surface area contributed by atoms with Crippen LogP contribution in [0.3, 0.4) is 0 Å². The van der Waals surface area contributed by atoms with E-state index in [1.165, 1.54) is 16.0 Å². The largest absolute Gasteiger partial charge is 0.396 e. The molecule has 26 heavy (non-hydrogen) atoms. The van der Waals surface area contributed by atoms with Gasteiger partial charge in [0.05, 0.1) is 11.3 Å². The SMILES string of the molecule is Cc1noc(C)c1CN1CCc2c(C(=O)N3CC[C@H](CO)C3)csc2C1. The number of nitrogens with zero attached hydrogens (tertiary/aromatic N) is 3. The van der Waals surface area contributed by atoms with Crippen molar-refractivity contribution >= 4 is 17.2 Å². The van der Waals surface area contributed by atoms with Gasteiger partial charge in [-0.3, -0.25) is 9.69 Å². The quantitative estimate of drug-likeness (QED) is 0.888. The zero-order chi connectivity index (χ0) is 18.3. The predicted molar refractivity (Wildman–Crippen MR) is 99.2 cm³/mol. The number of thiophene rings is 1. The summed E-state index contributed by atoms with van der Waals surface area (Å²) in [6, 6.07) is 0. The van der Waals surface area contributed by atoms with Gasteiger partial charge in [0, 0.05) is 61.1 Å². The first kappa shape index (κ1) is 17.7. The van der Waals surface area contributed by atoms with Crippen LogP contribution >= 0.6 is 11.3 Å². The Balaban J connectivity index is 1.46. The van der Waals surface area contributed by atoms with Crippen molar-refractivity contribution in [1.29, 1.82) is 0 Å². The molecule has 7 heteroatoms. The highest BCUT2D eigenvalue weighted by Gasteiger charge is 2.30. The molecule has 6 nitrogen and oxygen atoms in total. The maximum atomic E-state index is 12.9. The van der Waals surface area contributed by atoms with Crippen LogP contribution in [-0.2, 0) is 19.5 Å². The molecule has 1 fully saturated rings. The second-order valence-corrected chi connectivity index (χ2v) is 8.37. The van der Waals surface area contributed by atoms with Crippen LogP contribution in [0.25, 0.3) is 0 Å². The predicted octanol–water partition coefficient (Wildman–Crippen LogP) is 2.37. The number of carbonyl (C=O) groups excluding carboxylic acids is 1. The topological polar surface area (TPSA) is 69.8 Å². The number of amides is 1. The monoisotopic (exact) mass is 375 g/mol. The molecule has 0 radical (unpaired) electrons. The fourth-order valence-electron chi connectivity index (χ4n) is 3.98. The van der Waals surface area contributed by atoms with Gasteiger partial charge in [0.2, 0.25) is 0 Å². The molecular weight excluding hydrogens is 350 g/mol. The van der Waals surface area contributed by atoms with Gasteiger partial charge in [-0.1, -0.05) is 5.16 Å². The Morgan fingerprint density at radius 2 is 2.27 bits per heavy atom. The summed E-state index contributed by atoms with van der Waals surface area (Å²) in [6.45, 7) is 8.20. The molecule has 4 rings (SSSR count). The van der Waals surface area contributed by atoms with Gasteiger partial charge in [-0.25, -0.2) is 0 Å². The maximum absolute atomic E-state index is 12.9. The molecule has 1 atom stereocenters. The molecule has 0 aromatic carbocycles. The lowest BCUT2D eigenvalue weighted by Crippen LogP contribution is -2.32. The molecule has 140 valence electrons. The molecule has 0 bridgehead atoms. The number of aromatic nitrogens is 1. The smallest absolute Gasteiger partial charge is 0.254 e. The van der Waals surface area contributed by atoms with E-state index in [4.69, 9.17) is 4.52 Å². The standard InChI is InChI=1S/C19H25N3O3S/c1-12-16(13(2)25-20-12)8-21-5-4-15-17(11-26-18(15)9-21)19(24)22-6-3-14(7-22)10-23/h11,14,23H,3-10H2,1-2H3/t14-/m0/s1. The molecule has 0 spiro atoms. The van der Waals surface area contributed by atoms with E-state index in [0.29, 0.717) is 6.54 Å². The molecule has 2 aliphatic heterocycles. The molecule has 1 N–H and O–H groups in total.